The van der Waals surface area contributed by atoms with Crippen molar-refractivity contribution in [3.05, 3.63) is 66.1 Å². The Hall–Kier alpha value is -3.86. The predicted octanol–water partition coefficient (Wildman–Crippen LogP) is 3.56. The van der Waals surface area contributed by atoms with Crippen molar-refractivity contribution >= 4 is 35.3 Å². The van der Waals surface area contributed by atoms with Gasteiger partial charge in [-0.1, -0.05) is 23.9 Å². The molecule has 2 amide bonds. The number of alkyl carbamates (subject to hydrolysis) is 1. The number of nitrogens with one attached hydrogen (secondary N) is 1. The first-order valence-corrected chi connectivity index (χ1v) is 12.6. The van der Waals surface area contributed by atoms with Crippen LogP contribution in [0.3, 0.4) is 0 Å². The summed E-state index contributed by atoms with van der Waals surface area (Å²) in [6, 6.07) is 11.2. The van der Waals surface area contributed by atoms with Crippen LogP contribution in [-0.4, -0.2) is 67.0 Å². The second kappa shape index (κ2) is 11.7. The fourth-order valence-corrected chi connectivity index (χ4v) is 4.21. The van der Waals surface area contributed by atoms with E-state index in [0.29, 0.717) is 54.0 Å². The van der Waals surface area contributed by atoms with Crippen molar-refractivity contribution < 1.29 is 19.1 Å². The molecule has 1 N–H and O–H groups in total. The van der Waals surface area contributed by atoms with Gasteiger partial charge in [0.2, 0.25) is 0 Å². The third kappa shape index (κ3) is 5.85. The molecule has 1 aliphatic heterocycles. The fraction of sp³-hybridized carbons (Fsp3) is 0.320. The van der Waals surface area contributed by atoms with Crippen LogP contribution in [-0.2, 0) is 4.74 Å². The molecule has 10 nitrogen and oxygen atoms in total. The maximum Gasteiger partial charge on any atom is 0.406 e. The first-order valence-electron chi connectivity index (χ1n) is 11.4. The minimum Gasteiger partial charge on any atom is -0.486 e. The number of hydrogen-bond acceptors (Lipinski definition) is 9. The normalized spacial score (nSPS) is 14.0. The first-order chi connectivity index (χ1) is 17.5. The van der Waals surface area contributed by atoms with Gasteiger partial charge in [-0.15, -0.1) is 0 Å². The molecule has 0 fully saturated rings. The summed E-state index contributed by atoms with van der Waals surface area (Å²) in [5, 5.41) is 3.31. The van der Waals surface area contributed by atoms with Gasteiger partial charge in [-0.3, -0.25) is 9.78 Å². The summed E-state index contributed by atoms with van der Waals surface area (Å²) in [6.45, 7) is 1.46. The van der Waals surface area contributed by atoms with Gasteiger partial charge in [-0.05, 0) is 24.5 Å². The Kier molecular flexibility index (Phi) is 8.21. The lowest BCUT2D eigenvalue weighted by molar-refractivity contribution is 0.0989. The van der Waals surface area contributed by atoms with Crippen LogP contribution in [0.15, 0.2) is 60.1 Å². The van der Waals surface area contributed by atoms with Gasteiger partial charge in [-0.2, -0.15) is 0 Å². The molecule has 3 heterocycles. The number of rotatable bonds is 8. The average molecular weight is 509 g/mol. The summed E-state index contributed by atoms with van der Waals surface area (Å²) < 4.78 is 11.0. The van der Waals surface area contributed by atoms with E-state index >= 15 is 0 Å². The molecule has 1 aliphatic rings. The van der Waals surface area contributed by atoms with E-state index in [2.05, 4.69) is 25.0 Å². The lowest BCUT2D eigenvalue weighted by Crippen LogP contribution is -2.33. The van der Waals surface area contributed by atoms with Crippen molar-refractivity contribution in [2.45, 2.75) is 17.7 Å². The Balaban J connectivity index is 1.57. The number of carbonyl (C=O) groups is 2. The number of likely N-dealkylation sites (N-methyl/N-ethyl adjacent to an activating group) is 1. The van der Waals surface area contributed by atoms with Crippen molar-refractivity contribution in [1.82, 2.24) is 20.3 Å². The number of pyridine rings is 1. The lowest BCUT2D eigenvalue weighted by atomic mass is 10.1. The zero-order valence-corrected chi connectivity index (χ0v) is 21.2. The topological polar surface area (TPSA) is 110 Å². The molecule has 36 heavy (non-hydrogen) atoms. The second-order valence-electron chi connectivity index (χ2n) is 8.07. The Morgan fingerprint density at radius 2 is 2.08 bits per heavy atom. The maximum atomic E-state index is 13.5. The van der Waals surface area contributed by atoms with Gasteiger partial charge < -0.3 is 24.6 Å². The van der Waals surface area contributed by atoms with Gasteiger partial charge in [0, 0.05) is 69.0 Å². The van der Waals surface area contributed by atoms with Gasteiger partial charge in [0.1, 0.15) is 23.2 Å². The highest BCUT2D eigenvalue weighted by atomic mass is 32.2. The molecule has 0 radical (unpaired) electrons. The molecular formula is C25H28N6O4S. The number of benzene rings is 1. The van der Waals surface area contributed by atoms with Gasteiger partial charge in [0.25, 0.3) is 5.91 Å². The van der Waals surface area contributed by atoms with Crippen LogP contribution in [0.2, 0.25) is 0 Å². The molecule has 0 aliphatic carbocycles. The Morgan fingerprint density at radius 3 is 2.83 bits per heavy atom. The highest BCUT2D eigenvalue weighted by Crippen LogP contribution is 2.31. The van der Waals surface area contributed by atoms with Gasteiger partial charge in [0.15, 0.2) is 5.16 Å². The number of carbonyl (C=O) groups excluding carboxylic acids is 2. The van der Waals surface area contributed by atoms with Crippen molar-refractivity contribution in [3.63, 3.8) is 0 Å². The lowest BCUT2D eigenvalue weighted by Gasteiger charge is -2.23. The Morgan fingerprint density at radius 1 is 1.22 bits per heavy atom. The molecular weight excluding hydrogens is 480 g/mol. The standard InChI is InChI=1S/C25H28N6O4S/c1-30-12-13-31(23(32)20-16-28-24(36-3)29-22(20)30)18-7-4-8-19(14-18)35-21(9-11-27-25(33)34-2)17-6-5-10-26-15-17/h4-8,10,14-16,21H,9,11-13H2,1-3H3,(H,27,33). The first kappa shape index (κ1) is 25.2. The van der Waals surface area contributed by atoms with E-state index in [1.807, 2.05) is 54.6 Å². The molecule has 0 saturated heterocycles. The minimum absolute atomic E-state index is 0.162. The van der Waals surface area contributed by atoms with Crippen LogP contribution >= 0.6 is 11.8 Å². The largest absolute Gasteiger partial charge is 0.486 e. The third-order valence-corrected chi connectivity index (χ3v) is 6.31. The van der Waals surface area contributed by atoms with Gasteiger partial charge in [0.05, 0.1) is 7.11 Å². The minimum atomic E-state index is -0.500. The van der Waals surface area contributed by atoms with E-state index in [4.69, 9.17) is 4.74 Å². The van der Waals surface area contributed by atoms with Crippen molar-refractivity contribution in [1.29, 1.82) is 0 Å². The van der Waals surface area contributed by atoms with E-state index < -0.39 is 6.09 Å². The Labute approximate surface area is 214 Å². The van der Waals surface area contributed by atoms with Crippen LogP contribution in [0, 0.1) is 0 Å². The molecule has 1 atom stereocenters. The number of hydrogen-bond donors (Lipinski definition) is 1. The zero-order chi connectivity index (χ0) is 25.5. The van der Waals surface area contributed by atoms with Crippen LogP contribution in [0.4, 0.5) is 16.3 Å². The highest BCUT2D eigenvalue weighted by Gasteiger charge is 2.28. The highest BCUT2D eigenvalue weighted by molar-refractivity contribution is 7.98. The number of aromatic nitrogens is 3. The van der Waals surface area contributed by atoms with Crippen molar-refractivity contribution in [2.24, 2.45) is 0 Å². The zero-order valence-electron chi connectivity index (χ0n) is 20.4. The van der Waals surface area contributed by atoms with Gasteiger partial charge >= 0.3 is 6.09 Å². The summed E-state index contributed by atoms with van der Waals surface area (Å²) in [6.07, 6.45) is 6.57. The third-order valence-electron chi connectivity index (χ3n) is 5.75. The molecule has 3 aromatic rings. The SMILES string of the molecule is COC(=O)NCCC(Oc1cccc(N2CCN(C)c3nc(SC)ncc3C2=O)c1)c1cccnc1. The number of anilines is 2. The van der Waals surface area contributed by atoms with Crippen molar-refractivity contribution in [2.75, 3.05) is 49.8 Å². The van der Waals surface area contributed by atoms with E-state index in [1.54, 1.807) is 23.5 Å². The van der Waals surface area contributed by atoms with Crippen LogP contribution < -0.4 is 19.9 Å². The number of nitrogens with zero attached hydrogens (tertiary/aromatic N) is 5. The Bertz CT molecular complexity index is 1210. The smallest absolute Gasteiger partial charge is 0.406 e. The fourth-order valence-electron chi connectivity index (χ4n) is 3.87. The molecule has 1 unspecified atom stereocenters. The quantitative estimate of drug-likeness (QED) is 0.361. The predicted molar refractivity (Wildman–Crippen MR) is 138 cm³/mol. The average Bonchev–Trinajstić information content (AvgIpc) is 3.04. The van der Waals surface area contributed by atoms with Crippen LogP contribution in [0.5, 0.6) is 5.75 Å². The number of ether oxygens (including phenoxy) is 2. The summed E-state index contributed by atoms with van der Waals surface area (Å²) >= 11 is 1.44. The van der Waals surface area contributed by atoms with Crippen LogP contribution in [0.1, 0.15) is 28.4 Å². The molecule has 1 aromatic carbocycles. The molecule has 188 valence electrons. The van der Waals surface area contributed by atoms with E-state index in [1.165, 1.54) is 18.9 Å². The molecule has 4 rings (SSSR count). The number of amides is 2. The van der Waals surface area contributed by atoms with Crippen molar-refractivity contribution in [3.8, 4) is 5.75 Å². The molecule has 2 aromatic heterocycles. The summed E-state index contributed by atoms with van der Waals surface area (Å²) in [5.41, 5.74) is 2.05. The number of methoxy groups -OCH3 is 1. The number of thioether (sulfide) groups is 1. The van der Waals surface area contributed by atoms with Crippen LogP contribution in [0.25, 0.3) is 0 Å². The van der Waals surface area contributed by atoms with Gasteiger partial charge in [-0.25, -0.2) is 14.8 Å². The van der Waals surface area contributed by atoms with E-state index in [0.717, 1.165) is 5.56 Å². The maximum absolute atomic E-state index is 13.5. The van der Waals surface area contributed by atoms with E-state index in [-0.39, 0.29) is 12.0 Å². The monoisotopic (exact) mass is 508 g/mol. The summed E-state index contributed by atoms with van der Waals surface area (Å²) in [4.78, 5) is 41.7. The molecule has 0 spiro atoms. The molecule has 0 bridgehead atoms. The summed E-state index contributed by atoms with van der Waals surface area (Å²) in [7, 11) is 3.25. The summed E-state index contributed by atoms with van der Waals surface area (Å²) in [5.74, 6) is 1.06. The number of fused-ring (bicyclic) bond motifs is 1. The van der Waals surface area contributed by atoms with E-state index in [9.17, 15) is 9.59 Å². The molecule has 0 saturated carbocycles. The second-order valence-corrected chi connectivity index (χ2v) is 8.84. The molecule has 11 heteroatoms.